The lowest BCUT2D eigenvalue weighted by Gasteiger charge is -2.31. The van der Waals surface area contributed by atoms with Gasteiger partial charge in [-0.2, -0.15) is 48.3 Å². The zero-order chi connectivity index (χ0) is 36.6. The predicted molar refractivity (Wildman–Crippen MR) is 154 cm³/mol. The van der Waals surface area contributed by atoms with Crippen molar-refractivity contribution in [3.8, 4) is 22.9 Å². The standard InChI is InChI=1S/C31H39F11N2O5/c1-2-3-4-5-6-7-8-9-10-19-47-25-21-23(26-43-16-13-17-44-26)14-15-24(25)46-20-12-11-18-45-22-27(32,33)48-30(39,40)31(41,42)49-29(37,38)28(34,35)36/h13-17,21H,2-12,18-20,22H2,1H3. The normalized spacial score (nSPS) is 13.1. The monoisotopic (exact) mass is 728 g/mol. The Hall–Kier alpha value is -2.99. The Kier molecular flexibility index (Phi) is 16.7. The first-order chi connectivity index (χ1) is 22.9. The van der Waals surface area contributed by atoms with Crippen molar-refractivity contribution in [1.29, 1.82) is 0 Å². The third kappa shape index (κ3) is 14.8. The van der Waals surface area contributed by atoms with Gasteiger partial charge in [0.25, 0.3) is 0 Å². The third-order valence-corrected chi connectivity index (χ3v) is 6.69. The molecule has 0 amide bonds. The van der Waals surface area contributed by atoms with Crippen LogP contribution in [0.5, 0.6) is 11.5 Å². The summed E-state index contributed by atoms with van der Waals surface area (Å²) in [5, 5.41) is 0. The molecule has 0 N–H and O–H groups in total. The van der Waals surface area contributed by atoms with Crippen LogP contribution < -0.4 is 9.47 Å². The second-order valence-corrected chi connectivity index (χ2v) is 10.9. The van der Waals surface area contributed by atoms with E-state index in [-0.39, 0.29) is 19.4 Å². The summed E-state index contributed by atoms with van der Waals surface area (Å²) in [4.78, 5) is 8.42. The zero-order valence-electron chi connectivity index (χ0n) is 26.7. The van der Waals surface area contributed by atoms with Gasteiger partial charge in [0.1, 0.15) is 6.61 Å². The van der Waals surface area contributed by atoms with Crippen LogP contribution in [0.2, 0.25) is 0 Å². The second kappa shape index (κ2) is 19.4. The molecule has 0 spiro atoms. The Morgan fingerprint density at radius 3 is 1.67 bits per heavy atom. The van der Waals surface area contributed by atoms with E-state index in [1.807, 2.05) is 4.74 Å². The molecule has 0 saturated carbocycles. The van der Waals surface area contributed by atoms with Gasteiger partial charge in [-0.05, 0) is 43.5 Å². The quantitative estimate of drug-likeness (QED) is 0.0745. The molecule has 0 fully saturated rings. The summed E-state index contributed by atoms with van der Waals surface area (Å²) in [5.41, 5.74) is 0.663. The van der Waals surface area contributed by atoms with Crippen LogP contribution in [-0.4, -0.2) is 67.0 Å². The maximum absolute atomic E-state index is 13.7. The SMILES string of the molecule is CCCCCCCCCCCOc1cc(-c2ncccn2)ccc1OCCCCOCC(F)(F)OC(F)(F)C(F)(F)OC(F)(F)C(F)(F)F. The summed E-state index contributed by atoms with van der Waals surface area (Å²) in [5.74, 6) is 1.22. The first-order valence-electron chi connectivity index (χ1n) is 15.6. The number of alkyl halides is 11. The van der Waals surface area contributed by atoms with Crippen molar-refractivity contribution in [3.63, 3.8) is 0 Å². The van der Waals surface area contributed by atoms with Crippen LogP contribution in [0.4, 0.5) is 48.3 Å². The van der Waals surface area contributed by atoms with E-state index in [0.717, 1.165) is 25.7 Å². The van der Waals surface area contributed by atoms with E-state index in [2.05, 4.69) is 26.4 Å². The molecule has 0 bridgehead atoms. The van der Waals surface area contributed by atoms with Gasteiger partial charge in [0.15, 0.2) is 17.3 Å². The first kappa shape index (κ1) is 42.2. The van der Waals surface area contributed by atoms with E-state index < -0.39 is 43.8 Å². The first-order valence-corrected chi connectivity index (χ1v) is 15.6. The number of rotatable bonds is 25. The van der Waals surface area contributed by atoms with Crippen LogP contribution in [0.15, 0.2) is 36.7 Å². The topological polar surface area (TPSA) is 71.9 Å². The Labute approximate surface area is 276 Å². The molecule has 18 heteroatoms. The molecule has 1 aromatic heterocycles. The van der Waals surface area contributed by atoms with Crippen LogP contribution in [-0.2, 0) is 14.2 Å². The Morgan fingerprint density at radius 1 is 0.571 bits per heavy atom. The molecule has 0 aliphatic heterocycles. The number of ether oxygens (including phenoxy) is 5. The average molecular weight is 729 g/mol. The van der Waals surface area contributed by atoms with Crippen molar-refractivity contribution in [3.05, 3.63) is 36.7 Å². The molecule has 280 valence electrons. The number of halogens is 11. The molecule has 1 aromatic carbocycles. The van der Waals surface area contributed by atoms with Gasteiger partial charge in [0.2, 0.25) is 0 Å². The maximum Gasteiger partial charge on any atom is 0.483 e. The number of nitrogens with zero attached hydrogens (tertiary/aromatic N) is 2. The number of unbranched alkanes of at least 4 members (excludes halogenated alkanes) is 9. The van der Waals surface area contributed by atoms with E-state index in [1.54, 1.807) is 36.7 Å². The molecule has 0 atom stereocenters. The number of hydrogen-bond acceptors (Lipinski definition) is 7. The van der Waals surface area contributed by atoms with E-state index in [4.69, 9.17) is 9.47 Å². The molecule has 0 radical (unpaired) electrons. The van der Waals surface area contributed by atoms with Crippen LogP contribution in [0.3, 0.4) is 0 Å². The number of aromatic nitrogens is 2. The van der Waals surface area contributed by atoms with E-state index in [1.165, 1.54) is 32.1 Å². The predicted octanol–water partition coefficient (Wildman–Crippen LogP) is 10.2. The fraction of sp³-hybridized carbons (Fsp3) is 0.677. The fourth-order valence-electron chi connectivity index (χ4n) is 4.16. The summed E-state index contributed by atoms with van der Waals surface area (Å²) in [6, 6.07) is 6.71. The molecular weight excluding hydrogens is 689 g/mol. The highest BCUT2D eigenvalue weighted by Gasteiger charge is 2.72. The van der Waals surface area contributed by atoms with Gasteiger partial charge in [-0.1, -0.05) is 58.3 Å². The lowest BCUT2D eigenvalue weighted by atomic mass is 10.1. The summed E-state index contributed by atoms with van der Waals surface area (Å²) < 4.78 is 163. The van der Waals surface area contributed by atoms with Gasteiger partial charge in [-0.3, -0.25) is 0 Å². The molecule has 2 rings (SSSR count). The summed E-state index contributed by atoms with van der Waals surface area (Å²) in [7, 11) is 0. The molecule has 7 nitrogen and oxygen atoms in total. The highest BCUT2D eigenvalue weighted by Crippen LogP contribution is 2.47. The highest BCUT2D eigenvalue weighted by molar-refractivity contribution is 5.60. The molecule has 0 aliphatic carbocycles. The highest BCUT2D eigenvalue weighted by atomic mass is 19.4. The molecule has 1 heterocycles. The summed E-state index contributed by atoms with van der Waals surface area (Å²) in [6.07, 6.45) is -18.8. The molecule has 49 heavy (non-hydrogen) atoms. The van der Waals surface area contributed by atoms with Gasteiger partial charge in [-0.15, -0.1) is 0 Å². The van der Waals surface area contributed by atoms with Crippen molar-refractivity contribution < 1.29 is 72.0 Å². The smallest absolute Gasteiger partial charge is 0.483 e. The van der Waals surface area contributed by atoms with Crippen LogP contribution >= 0.6 is 0 Å². The van der Waals surface area contributed by atoms with Crippen LogP contribution in [0, 0.1) is 0 Å². The van der Waals surface area contributed by atoms with E-state index >= 15 is 0 Å². The van der Waals surface area contributed by atoms with Crippen LogP contribution in [0.1, 0.15) is 77.6 Å². The zero-order valence-corrected chi connectivity index (χ0v) is 26.7. The van der Waals surface area contributed by atoms with Crippen molar-refractivity contribution in [2.24, 2.45) is 0 Å². The summed E-state index contributed by atoms with van der Waals surface area (Å²) >= 11 is 0. The fourth-order valence-corrected chi connectivity index (χ4v) is 4.16. The maximum atomic E-state index is 13.7. The number of benzene rings is 1. The molecule has 0 aliphatic rings. The molecular formula is C31H39F11N2O5. The van der Waals surface area contributed by atoms with Gasteiger partial charge in [-0.25, -0.2) is 19.4 Å². The largest absolute Gasteiger partial charge is 0.490 e. The van der Waals surface area contributed by atoms with E-state index in [0.29, 0.717) is 29.5 Å². The molecule has 2 aromatic rings. The number of hydrogen-bond donors (Lipinski definition) is 0. The van der Waals surface area contributed by atoms with Crippen LogP contribution in [0.25, 0.3) is 11.4 Å². The minimum atomic E-state index is -6.84. The summed E-state index contributed by atoms with van der Waals surface area (Å²) in [6.45, 7) is -0.00413. The molecule has 0 unspecified atom stereocenters. The third-order valence-electron chi connectivity index (χ3n) is 6.69. The lowest BCUT2D eigenvalue weighted by Crippen LogP contribution is -2.55. The van der Waals surface area contributed by atoms with E-state index in [9.17, 15) is 48.3 Å². The van der Waals surface area contributed by atoms with Crippen molar-refractivity contribution in [2.75, 3.05) is 26.4 Å². The minimum Gasteiger partial charge on any atom is -0.490 e. The second-order valence-electron chi connectivity index (χ2n) is 10.9. The van der Waals surface area contributed by atoms with Gasteiger partial charge in [0.05, 0.1) is 13.2 Å². The van der Waals surface area contributed by atoms with Crippen molar-refractivity contribution in [2.45, 2.75) is 108 Å². The Bertz CT molecular complexity index is 1220. The van der Waals surface area contributed by atoms with Crippen molar-refractivity contribution >= 4 is 0 Å². The van der Waals surface area contributed by atoms with Gasteiger partial charge < -0.3 is 14.2 Å². The van der Waals surface area contributed by atoms with Gasteiger partial charge >= 0.3 is 30.6 Å². The van der Waals surface area contributed by atoms with Crippen molar-refractivity contribution in [1.82, 2.24) is 9.97 Å². The Morgan fingerprint density at radius 2 is 1.08 bits per heavy atom. The van der Waals surface area contributed by atoms with Gasteiger partial charge in [0, 0.05) is 24.6 Å². The molecule has 0 saturated heterocycles. The Balaban J connectivity index is 1.82. The lowest BCUT2D eigenvalue weighted by molar-refractivity contribution is -0.537. The minimum absolute atomic E-state index is 0.00583. The average Bonchev–Trinajstić information content (AvgIpc) is 3.00.